The van der Waals surface area contributed by atoms with Gasteiger partial charge in [0.05, 0.1) is 0 Å². The smallest absolute Gasteiger partial charge is 0.0269 e. The maximum Gasteiger partial charge on any atom is -0.0269 e. The fourth-order valence-electron chi connectivity index (χ4n) is 1.70. The van der Waals surface area contributed by atoms with Crippen molar-refractivity contribution in [3.63, 3.8) is 0 Å². The summed E-state index contributed by atoms with van der Waals surface area (Å²) in [7, 11) is 0. The Morgan fingerprint density at radius 3 is 1.83 bits per heavy atom. The van der Waals surface area contributed by atoms with Crippen LogP contribution in [0.4, 0.5) is 0 Å². The summed E-state index contributed by atoms with van der Waals surface area (Å²) in [6.45, 7) is 13.3. The molecule has 0 aromatic carbocycles. The van der Waals surface area contributed by atoms with E-state index in [1.807, 2.05) is 13.8 Å². The molecule has 0 bridgehead atoms. The molecule has 0 amide bonds. The van der Waals surface area contributed by atoms with Gasteiger partial charge >= 0.3 is 0 Å². The summed E-state index contributed by atoms with van der Waals surface area (Å²) in [5.74, 6) is 0. The van der Waals surface area contributed by atoms with Crippen LogP contribution < -0.4 is 0 Å². The Labute approximate surface area is 78.1 Å². The van der Waals surface area contributed by atoms with E-state index in [-0.39, 0.29) is 0 Å². The lowest BCUT2D eigenvalue weighted by Gasteiger charge is -2.30. The first-order chi connectivity index (χ1) is 5.51. The van der Waals surface area contributed by atoms with Gasteiger partial charge in [-0.3, -0.25) is 0 Å². The molecule has 0 heteroatoms. The molecule has 0 aromatic heterocycles. The lowest BCUT2D eigenvalue weighted by atomic mass is 9.75. The molecule has 0 atom stereocenters. The van der Waals surface area contributed by atoms with Gasteiger partial charge in [-0.2, -0.15) is 0 Å². The fraction of sp³-hybridized carbons (Fsp3) is 0.833. The van der Waals surface area contributed by atoms with Crippen molar-refractivity contribution in [2.75, 3.05) is 0 Å². The van der Waals surface area contributed by atoms with Gasteiger partial charge in [0.1, 0.15) is 0 Å². The molecule has 12 heavy (non-hydrogen) atoms. The first-order valence-corrected chi connectivity index (χ1v) is 5.16. The summed E-state index contributed by atoms with van der Waals surface area (Å²) in [6, 6.07) is 0. The monoisotopic (exact) mass is 168 g/mol. The normalized spacial score (nSPS) is 21.5. The maximum atomic E-state index is 2.36. The van der Waals surface area contributed by atoms with Crippen LogP contribution in [0.25, 0.3) is 0 Å². The second kappa shape index (κ2) is 4.69. The van der Waals surface area contributed by atoms with Crippen LogP contribution in [0.2, 0.25) is 0 Å². The van der Waals surface area contributed by atoms with E-state index in [1.54, 1.807) is 11.1 Å². The Bertz CT molecular complexity index is 161. The van der Waals surface area contributed by atoms with E-state index in [9.17, 15) is 0 Å². The molecular weight excluding hydrogens is 144 g/mol. The number of hydrogen-bond donors (Lipinski definition) is 0. The van der Waals surface area contributed by atoms with Crippen LogP contribution in [0.5, 0.6) is 0 Å². The van der Waals surface area contributed by atoms with Crippen LogP contribution in [0, 0.1) is 5.41 Å². The Morgan fingerprint density at radius 1 is 1.00 bits per heavy atom. The molecule has 0 radical (unpaired) electrons. The summed E-state index contributed by atoms with van der Waals surface area (Å²) in [5, 5.41) is 0. The Balaban J connectivity index is 0.000000561. The molecule has 0 saturated heterocycles. The molecule has 1 aliphatic rings. The third-order valence-electron chi connectivity index (χ3n) is 2.65. The van der Waals surface area contributed by atoms with Crippen molar-refractivity contribution in [1.82, 2.24) is 0 Å². The molecule has 72 valence electrons. The summed E-state index contributed by atoms with van der Waals surface area (Å²) in [5.41, 5.74) is 3.82. The first-order valence-electron chi connectivity index (χ1n) is 5.16. The quantitative estimate of drug-likeness (QED) is 0.465. The van der Waals surface area contributed by atoms with Crippen LogP contribution in [-0.4, -0.2) is 0 Å². The van der Waals surface area contributed by atoms with Gasteiger partial charge < -0.3 is 0 Å². The van der Waals surface area contributed by atoms with Crippen molar-refractivity contribution in [3.05, 3.63) is 11.1 Å². The molecule has 0 aliphatic heterocycles. The average molecular weight is 168 g/mol. The van der Waals surface area contributed by atoms with Crippen molar-refractivity contribution in [2.45, 2.75) is 60.8 Å². The zero-order valence-corrected chi connectivity index (χ0v) is 9.62. The van der Waals surface area contributed by atoms with E-state index in [1.165, 1.54) is 19.3 Å². The van der Waals surface area contributed by atoms with E-state index >= 15 is 0 Å². The van der Waals surface area contributed by atoms with Crippen molar-refractivity contribution >= 4 is 0 Å². The lowest BCUT2D eigenvalue weighted by Crippen LogP contribution is -2.16. The molecule has 0 saturated carbocycles. The van der Waals surface area contributed by atoms with Gasteiger partial charge in [-0.15, -0.1) is 0 Å². The third-order valence-corrected chi connectivity index (χ3v) is 2.65. The predicted molar refractivity (Wildman–Crippen MR) is 57.4 cm³/mol. The van der Waals surface area contributed by atoms with Crippen molar-refractivity contribution in [2.24, 2.45) is 5.41 Å². The van der Waals surface area contributed by atoms with Crippen molar-refractivity contribution in [3.8, 4) is 0 Å². The topological polar surface area (TPSA) is 0 Å². The van der Waals surface area contributed by atoms with Gasteiger partial charge in [-0.25, -0.2) is 0 Å². The summed E-state index contributed by atoms with van der Waals surface area (Å²) in [6.07, 6.45) is 3.99. The van der Waals surface area contributed by atoms with E-state index < -0.39 is 0 Å². The number of rotatable bonds is 0. The second-order valence-electron chi connectivity index (χ2n) is 4.40. The molecule has 1 rings (SSSR count). The van der Waals surface area contributed by atoms with Crippen LogP contribution in [0.15, 0.2) is 11.1 Å². The van der Waals surface area contributed by atoms with E-state index in [2.05, 4.69) is 27.7 Å². The molecule has 0 spiro atoms. The minimum absolute atomic E-state index is 0.573. The largest absolute Gasteiger partial charge is 0.0744 e. The fourth-order valence-corrected chi connectivity index (χ4v) is 1.70. The van der Waals surface area contributed by atoms with Gasteiger partial charge in [-0.1, -0.05) is 38.8 Å². The van der Waals surface area contributed by atoms with E-state index in [0.29, 0.717) is 5.41 Å². The van der Waals surface area contributed by atoms with Gasteiger partial charge in [0.25, 0.3) is 0 Å². The summed E-state index contributed by atoms with van der Waals surface area (Å²) >= 11 is 0. The Hall–Kier alpha value is -0.260. The molecule has 0 heterocycles. The Morgan fingerprint density at radius 2 is 1.50 bits per heavy atom. The van der Waals surface area contributed by atoms with Crippen molar-refractivity contribution in [1.29, 1.82) is 0 Å². The average Bonchev–Trinajstić information content (AvgIpc) is 2.01. The molecule has 0 aromatic rings. The van der Waals surface area contributed by atoms with Crippen LogP contribution in [0.1, 0.15) is 60.8 Å². The van der Waals surface area contributed by atoms with Gasteiger partial charge in [0.15, 0.2) is 0 Å². The zero-order valence-electron chi connectivity index (χ0n) is 9.62. The number of allylic oxidation sites excluding steroid dienone is 2. The highest BCUT2D eigenvalue weighted by Crippen LogP contribution is 2.37. The number of hydrogen-bond acceptors (Lipinski definition) is 0. The highest BCUT2D eigenvalue weighted by Gasteiger charge is 2.22. The standard InChI is InChI=1S/C10H18.C2H6/c1-8-5-6-10(3,4)7-9(8)2;1-2/h5-7H2,1-4H3;1-2H3. The minimum Gasteiger partial charge on any atom is -0.0744 e. The van der Waals surface area contributed by atoms with Crippen molar-refractivity contribution < 1.29 is 0 Å². The van der Waals surface area contributed by atoms with Gasteiger partial charge in [0, 0.05) is 0 Å². The van der Waals surface area contributed by atoms with Crippen LogP contribution in [0.3, 0.4) is 0 Å². The first kappa shape index (κ1) is 11.7. The predicted octanol–water partition coefficient (Wildman–Crippen LogP) is 4.56. The van der Waals surface area contributed by atoms with E-state index in [4.69, 9.17) is 0 Å². The minimum atomic E-state index is 0.573. The van der Waals surface area contributed by atoms with Gasteiger partial charge in [0.2, 0.25) is 0 Å². The SMILES string of the molecule is CC.CC1=C(C)CC(C)(C)CC1. The maximum absolute atomic E-state index is 2.36. The molecule has 0 fully saturated rings. The second-order valence-corrected chi connectivity index (χ2v) is 4.40. The summed E-state index contributed by atoms with van der Waals surface area (Å²) in [4.78, 5) is 0. The Kier molecular flexibility index (Phi) is 4.59. The molecular formula is C12H24. The van der Waals surface area contributed by atoms with Crippen LogP contribution in [-0.2, 0) is 0 Å². The molecule has 0 nitrogen and oxygen atoms in total. The molecule has 0 unspecified atom stereocenters. The molecule has 0 N–H and O–H groups in total. The lowest BCUT2D eigenvalue weighted by molar-refractivity contribution is 0.314. The summed E-state index contributed by atoms with van der Waals surface area (Å²) < 4.78 is 0. The van der Waals surface area contributed by atoms with E-state index in [0.717, 1.165) is 0 Å². The highest BCUT2D eigenvalue weighted by atomic mass is 14.3. The van der Waals surface area contributed by atoms with Gasteiger partial charge in [-0.05, 0) is 38.5 Å². The highest BCUT2D eigenvalue weighted by molar-refractivity contribution is 5.15. The molecule has 1 aliphatic carbocycles. The third kappa shape index (κ3) is 3.42. The zero-order chi connectivity index (χ0) is 9.78. The van der Waals surface area contributed by atoms with Crippen LogP contribution >= 0.6 is 0 Å².